The smallest absolute Gasteiger partial charge is 0.315 e. The number of nitrogens with zero attached hydrogens (tertiary/aromatic N) is 3. The van der Waals surface area contributed by atoms with E-state index >= 15 is 0 Å². The number of azide groups is 1. The van der Waals surface area contributed by atoms with Gasteiger partial charge in [0.15, 0.2) is 6.02 Å². The minimum Gasteiger partial charge on any atom is -0.481 e. The quantitative estimate of drug-likeness (QED) is 0.350. The van der Waals surface area contributed by atoms with Gasteiger partial charge in [0.25, 0.3) is 0 Å². The summed E-state index contributed by atoms with van der Waals surface area (Å²) in [5.74, 6) is -1.80. The van der Waals surface area contributed by atoms with E-state index < -0.39 is 18.7 Å². The molecular weight excluding hydrogens is 129 g/mol. The molecule has 0 aromatic rings. The molecule has 0 rings (SSSR count). The number of alkyl halides is 1. The normalized spacial score (nSPS) is 16.8. The molecule has 0 radical (unpaired) electrons. The van der Waals surface area contributed by atoms with Crippen LogP contribution < -0.4 is 0 Å². The molecule has 0 heterocycles. The van der Waals surface area contributed by atoms with Gasteiger partial charge in [-0.05, 0) is 5.53 Å². The van der Waals surface area contributed by atoms with Crippen LogP contribution in [0.5, 0.6) is 0 Å². The van der Waals surface area contributed by atoms with Crippen molar-refractivity contribution in [2.75, 3.05) is 6.67 Å². The molecule has 0 amide bonds. The molecule has 0 aromatic carbocycles. The molecule has 1 N–H and O–H groups in total. The summed E-state index contributed by atoms with van der Waals surface area (Å²) in [6.07, 6.45) is 0. The number of hydrogen-bond donors (Lipinski definition) is 1. The second-order valence-electron chi connectivity index (χ2n) is 1.07. The van der Waals surface area contributed by atoms with E-state index in [0.29, 0.717) is 0 Å². The number of hydrogen-bond acceptors (Lipinski definition) is 2. The SMILES string of the molecule is [2H][C@](CF)(N=[N+]=[N-])C(=O)O. The number of carboxylic acids is 1. The van der Waals surface area contributed by atoms with Gasteiger partial charge in [-0.1, -0.05) is 5.11 Å². The van der Waals surface area contributed by atoms with E-state index in [-0.39, 0.29) is 0 Å². The zero-order valence-corrected chi connectivity index (χ0v) is 4.28. The van der Waals surface area contributed by atoms with Crippen LogP contribution in [0.1, 0.15) is 1.37 Å². The molecule has 0 bridgehead atoms. The van der Waals surface area contributed by atoms with Gasteiger partial charge in [-0.15, -0.1) is 0 Å². The van der Waals surface area contributed by atoms with Crippen molar-refractivity contribution < 1.29 is 15.7 Å². The predicted molar refractivity (Wildman–Crippen MR) is 26.5 cm³/mol. The van der Waals surface area contributed by atoms with E-state index in [9.17, 15) is 9.18 Å². The molecule has 1 atom stereocenters. The standard InChI is InChI=1S/C3H4FN3O2/c4-1-2(3(8)9)6-7-5/h2H,1H2,(H,8,9)/t2-/m1/s1/i2D. The summed E-state index contributed by atoms with van der Waals surface area (Å²) in [6, 6.07) is -2.70. The molecule has 5 nitrogen and oxygen atoms in total. The summed E-state index contributed by atoms with van der Waals surface area (Å²) >= 11 is 0. The van der Waals surface area contributed by atoms with Crippen molar-refractivity contribution >= 4 is 5.97 Å². The lowest BCUT2D eigenvalue weighted by atomic mass is 10.4. The molecule has 0 saturated heterocycles. The highest BCUT2D eigenvalue weighted by Gasteiger charge is 2.13. The molecule has 0 saturated carbocycles. The van der Waals surface area contributed by atoms with E-state index in [4.69, 9.17) is 12.0 Å². The molecule has 0 aliphatic carbocycles. The Morgan fingerprint density at radius 2 is 2.78 bits per heavy atom. The summed E-state index contributed by atoms with van der Waals surface area (Å²) in [5, 5.41) is 10.5. The first-order valence-corrected chi connectivity index (χ1v) is 1.92. The number of aliphatic carboxylic acids is 1. The fourth-order valence-electron chi connectivity index (χ4n) is 0.181. The van der Waals surface area contributed by atoms with E-state index in [1.165, 1.54) is 0 Å². The summed E-state index contributed by atoms with van der Waals surface area (Å²) in [4.78, 5) is 12.0. The third kappa shape index (κ3) is 2.50. The second-order valence-corrected chi connectivity index (χ2v) is 1.07. The predicted octanol–water partition coefficient (Wildman–Crippen LogP) is 0.719. The Morgan fingerprint density at radius 1 is 2.22 bits per heavy atom. The number of carboxylic acid groups (broad SMARTS) is 1. The number of rotatable bonds is 3. The second kappa shape index (κ2) is 3.68. The van der Waals surface area contributed by atoms with Gasteiger partial charge in [0, 0.05) is 4.91 Å². The van der Waals surface area contributed by atoms with Gasteiger partial charge in [-0.25, -0.2) is 0 Å². The lowest BCUT2D eigenvalue weighted by Crippen LogP contribution is -2.18. The highest BCUT2D eigenvalue weighted by molar-refractivity contribution is 5.73. The molecular formula is C3H4FN3O2. The van der Waals surface area contributed by atoms with Gasteiger partial charge in [0.2, 0.25) is 0 Å². The maximum Gasteiger partial charge on any atom is 0.315 e. The summed E-state index contributed by atoms with van der Waals surface area (Å²) in [7, 11) is 0. The Morgan fingerprint density at radius 3 is 2.89 bits per heavy atom. The average Bonchev–Trinajstić information content (AvgIpc) is 1.88. The van der Waals surface area contributed by atoms with E-state index in [2.05, 4.69) is 5.11 Å². The van der Waals surface area contributed by atoms with E-state index in [0.717, 1.165) is 0 Å². The highest BCUT2D eigenvalue weighted by atomic mass is 19.1. The van der Waals surface area contributed by atoms with Crippen molar-refractivity contribution in [3.05, 3.63) is 10.4 Å². The van der Waals surface area contributed by atoms with Gasteiger partial charge in [0.05, 0.1) is 1.37 Å². The van der Waals surface area contributed by atoms with Crippen LogP contribution in [-0.4, -0.2) is 23.8 Å². The lowest BCUT2D eigenvalue weighted by Gasteiger charge is -1.94. The summed E-state index contributed by atoms with van der Waals surface area (Å²) < 4.78 is 18.3. The van der Waals surface area contributed by atoms with E-state index in [1.807, 2.05) is 4.91 Å². The minimum atomic E-state index is -2.70. The summed E-state index contributed by atoms with van der Waals surface area (Å²) in [5.41, 5.74) is 7.69. The van der Waals surface area contributed by atoms with Crippen molar-refractivity contribution in [2.24, 2.45) is 5.11 Å². The first-order chi connectivity index (χ1) is 4.56. The fraction of sp³-hybridized carbons (Fsp3) is 0.667. The minimum absolute atomic E-state index is 1.54. The first kappa shape index (κ1) is 5.84. The van der Waals surface area contributed by atoms with Crippen LogP contribution in [0.25, 0.3) is 10.4 Å². The largest absolute Gasteiger partial charge is 0.481 e. The molecule has 0 aliphatic heterocycles. The highest BCUT2D eigenvalue weighted by Crippen LogP contribution is 1.91. The Bertz CT molecular complexity index is 188. The van der Waals surface area contributed by atoms with Gasteiger partial charge >= 0.3 is 5.97 Å². The summed E-state index contributed by atoms with van der Waals surface area (Å²) in [6.45, 7) is -1.54. The van der Waals surface area contributed by atoms with Crippen molar-refractivity contribution in [1.29, 1.82) is 0 Å². The Hall–Kier alpha value is -1.29. The monoisotopic (exact) mass is 134 g/mol. The van der Waals surface area contributed by atoms with Gasteiger partial charge in [-0.2, -0.15) is 0 Å². The van der Waals surface area contributed by atoms with Gasteiger partial charge < -0.3 is 5.11 Å². The Balaban J connectivity index is 4.54. The molecule has 0 spiro atoms. The number of halogens is 1. The maximum absolute atomic E-state index is 11.6. The van der Waals surface area contributed by atoms with Crippen LogP contribution in [0.15, 0.2) is 5.11 Å². The van der Waals surface area contributed by atoms with Crippen molar-refractivity contribution in [3.8, 4) is 0 Å². The van der Waals surface area contributed by atoms with Crippen LogP contribution in [0.4, 0.5) is 4.39 Å². The van der Waals surface area contributed by atoms with Crippen molar-refractivity contribution in [2.45, 2.75) is 6.02 Å². The zero-order chi connectivity index (χ0) is 8.20. The molecule has 0 aromatic heterocycles. The Labute approximate surface area is 51.1 Å². The van der Waals surface area contributed by atoms with E-state index in [1.54, 1.807) is 0 Å². The molecule has 0 aliphatic rings. The molecule has 0 unspecified atom stereocenters. The van der Waals surface area contributed by atoms with Crippen LogP contribution in [0.2, 0.25) is 0 Å². The van der Waals surface area contributed by atoms with Crippen LogP contribution >= 0.6 is 0 Å². The van der Waals surface area contributed by atoms with Gasteiger partial charge in [0.1, 0.15) is 6.67 Å². The lowest BCUT2D eigenvalue weighted by molar-refractivity contribution is -0.138. The topological polar surface area (TPSA) is 86.1 Å². The van der Waals surface area contributed by atoms with Gasteiger partial charge in [-0.3, -0.25) is 9.18 Å². The fourth-order valence-corrected chi connectivity index (χ4v) is 0.181. The molecule has 9 heavy (non-hydrogen) atoms. The maximum atomic E-state index is 11.6. The van der Waals surface area contributed by atoms with Crippen LogP contribution in [0.3, 0.4) is 0 Å². The van der Waals surface area contributed by atoms with Crippen LogP contribution in [-0.2, 0) is 4.79 Å². The number of carbonyl (C=O) groups is 1. The van der Waals surface area contributed by atoms with Crippen molar-refractivity contribution in [3.63, 3.8) is 0 Å². The molecule has 0 fully saturated rings. The van der Waals surface area contributed by atoms with Crippen molar-refractivity contribution in [1.82, 2.24) is 0 Å². The first-order valence-electron chi connectivity index (χ1n) is 2.42. The third-order valence-electron chi connectivity index (χ3n) is 0.539. The third-order valence-corrected chi connectivity index (χ3v) is 0.539. The average molecular weight is 134 g/mol. The van der Waals surface area contributed by atoms with Crippen LogP contribution in [0, 0.1) is 0 Å². The molecule has 6 heteroatoms. The Kier molecular flexibility index (Phi) is 2.39. The molecule has 50 valence electrons. The zero-order valence-electron chi connectivity index (χ0n) is 5.28.